The predicted molar refractivity (Wildman–Crippen MR) is 85.7 cm³/mol. The Bertz CT molecular complexity index is 491. The number of nitrogens with one attached hydrogen (secondary N) is 1. The van der Waals surface area contributed by atoms with Gasteiger partial charge in [-0.05, 0) is 24.8 Å². The van der Waals surface area contributed by atoms with E-state index in [9.17, 15) is 9.90 Å². The van der Waals surface area contributed by atoms with Crippen LogP contribution in [0.25, 0.3) is 0 Å². The lowest BCUT2D eigenvalue weighted by Crippen LogP contribution is -2.29. The number of hydrogen-bond acceptors (Lipinski definition) is 4. The van der Waals surface area contributed by atoms with Crippen molar-refractivity contribution in [3.8, 4) is 5.75 Å². The molecule has 0 heterocycles. The summed E-state index contributed by atoms with van der Waals surface area (Å²) >= 11 is 0. The molecule has 2 N–H and O–H groups in total. The van der Waals surface area contributed by atoms with Crippen molar-refractivity contribution < 1.29 is 14.6 Å². The molecule has 0 aliphatic heterocycles. The summed E-state index contributed by atoms with van der Waals surface area (Å²) in [7, 11) is 3.43. The fourth-order valence-corrected chi connectivity index (χ4v) is 2.71. The van der Waals surface area contributed by atoms with Crippen LogP contribution in [-0.4, -0.2) is 49.3 Å². The van der Waals surface area contributed by atoms with Gasteiger partial charge >= 0.3 is 0 Å². The normalized spacial score (nSPS) is 20.9. The number of benzene rings is 1. The summed E-state index contributed by atoms with van der Waals surface area (Å²) in [6.07, 6.45) is 2.94. The van der Waals surface area contributed by atoms with E-state index >= 15 is 0 Å². The van der Waals surface area contributed by atoms with Crippen molar-refractivity contribution in [2.24, 2.45) is 5.92 Å². The van der Waals surface area contributed by atoms with Crippen LogP contribution in [-0.2, 0) is 11.3 Å². The van der Waals surface area contributed by atoms with Crippen LogP contribution in [0.15, 0.2) is 24.3 Å². The van der Waals surface area contributed by atoms with Crippen LogP contribution in [0, 0.1) is 5.92 Å². The third kappa shape index (κ3) is 4.71. The van der Waals surface area contributed by atoms with E-state index in [4.69, 9.17) is 4.74 Å². The van der Waals surface area contributed by atoms with E-state index in [-0.39, 0.29) is 18.6 Å². The molecule has 2 atom stereocenters. The predicted octanol–water partition coefficient (Wildman–Crippen LogP) is 1.40. The summed E-state index contributed by atoms with van der Waals surface area (Å²) in [5.41, 5.74) is 1.03. The Morgan fingerprint density at radius 1 is 1.36 bits per heavy atom. The number of carbonyl (C=O) groups excluding carboxylic acids is 1. The molecule has 1 saturated carbocycles. The number of likely N-dealkylation sites (N-methyl/N-ethyl adjacent to an activating group) is 1. The first-order valence-electron chi connectivity index (χ1n) is 7.87. The van der Waals surface area contributed by atoms with Gasteiger partial charge in [0.2, 0.25) is 0 Å². The summed E-state index contributed by atoms with van der Waals surface area (Å²) in [5.74, 6) is 1.03. The van der Waals surface area contributed by atoms with Crippen LogP contribution < -0.4 is 10.1 Å². The molecule has 1 aromatic carbocycles. The molecule has 0 bridgehead atoms. The first-order chi connectivity index (χ1) is 10.6. The van der Waals surface area contributed by atoms with Crippen LogP contribution in [0.1, 0.15) is 24.8 Å². The topological polar surface area (TPSA) is 61.8 Å². The van der Waals surface area contributed by atoms with Crippen LogP contribution in [0.3, 0.4) is 0 Å². The van der Waals surface area contributed by atoms with Gasteiger partial charge in [0.25, 0.3) is 5.91 Å². The molecule has 0 radical (unpaired) electrons. The van der Waals surface area contributed by atoms with E-state index in [1.54, 1.807) is 14.1 Å². The minimum Gasteiger partial charge on any atom is -0.483 e. The second-order valence-corrected chi connectivity index (χ2v) is 6.07. The zero-order valence-corrected chi connectivity index (χ0v) is 13.4. The molecule has 5 nitrogen and oxygen atoms in total. The van der Waals surface area contributed by atoms with Gasteiger partial charge in [-0.25, -0.2) is 0 Å². The van der Waals surface area contributed by atoms with Gasteiger partial charge in [0.05, 0.1) is 6.10 Å². The number of nitrogens with zero attached hydrogens (tertiary/aromatic N) is 1. The van der Waals surface area contributed by atoms with Crippen LogP contribution >= 0.6 is 0 Å². The molecule has 1 amide bonds. The number of para-hydroxylation sites is 1. The van der Waals surface area contributed by atoms with Crippen molar-refractivity contribution in [3.05, 3.63) is 29.8 Å². The van der Waals surface area contributed by atoms with Crippen LogP contribution in [0.4, 0.5) is 0 Å². The molecular weight excluding hydrogens is 280 g/mol. The molecule has 122 valence electrons. The average Bonchev–Trinajstić information content (AvgIpc) is 2.91. The first kappa shape index (κ1) is 16.8. The highest BCUT2D eigenvalue weighted by atomic mass is 16.5. The highest BCUT2D eigenvalue weighted by molar-refractivity contribution is 5.77. The van der Waals surface area contributed by atoms with Crippen molar-refractivity contribution in [2.45, 2.75) is 31.9 Å². The quantitative estimate of drug-likeness (QED) is 0.799. The molecule has 0 saturated heterocycles. The Labute approximate surface area is 132 Å². The zero-order chi connectivity index (χ0) is 15.9. The fraction of sp³-hybridized carbons (Fsp3) is 0.588. The number of hydrogen-bond donors (Lipinski definition) is 2. The lowest BCUT2D eigenvalue weighted by atomic mass is 10.1. The Balaban J connectivity index is 1.84. The molecule has 5 heteroatoms. The summed E-state index contributed by atoms with van der Waals surface area (Å²) in [5, 5.41) is 13.2. The second kappa shape index (κ2) is 8.15. The summed E-state index contributed by atoms with van der Waals surface area (Å²) in [6, 6.07) is 7.74. The summed E-state index contributed by atoms with van der Waals surface area (Å²) in [4.78, 5) is 13.1. The minimum absolute atomic E-state index is 0.0470. The van der Waals surface area contributed by atoms with E-state index in [0.717, 1.165) is 37.1 Å². The average molecular weight is 306 g/mol. The SMILES string of the molecule is CN(C)C(=O)COc1ccccc1CNCC1CCCC1O. The standard InChI is InChI=1S/C17H26N2O3/c1-19(2)17(21)12-22-16-9-4-3-6-14(16)11-18-10-13-7-5-8-15(13)20/h3-4,6,9,13,15,18,20H,5,7-8,10-12H2,1-2H3. The molecule has 22 heavy (non-hydrogen) atoms. The van der Waals surface area contributed by atoms with Gasteiger partial charge in [0.15, 0.2) is 6.61 Å². The van der Waals surface area contributed by atoms with Crippen molar-refractivity contribution in [2.75, 3.05) is 27.2 Å². The van der Waals surface area contributed by atoms with Gasteiger partial charge in [-0.2, -0.15) is 0 Å². The van der Waals surface area contributed by atoms with E-state index in [0.29, 0.717) is 12.5 Å². The van der Waals surface area contributed by atoms with E-state index in [2.05, 4.69) is 5.32 Å². The lowest BCUT2D eigenvalue weighted by Gasteiger charge is -2.17. The third-order valence-corrected chi connectivity index (χ3v) is 4.16. The maximum absolute atomic E-state index is 11.6. The van der Waals surface area contributed by atoms with E-state index in [1.807, 2.05) is 24.3 Å². The van der Waals surface area contributed by atoms with Gasteiger partial charge in [-0.1, -0.05) is 24.6 Å². The largest absolute Gasteiger partial charge is 0.483 e. The van der Waals surface area contributed by atoms with Crippen LogP contribution in [0.5, 0.6) is 5.75 Å². The Hall–Kier alpha value is -1.59. The van der Waals surface area contributed by atoms with Crippen molar-refractivity contribution in [1.82, 2.24) is 10.2 Å². The number of amides is 1. The van der Waals surface area contributed by atoms with Crippen LogP contribution in [0.2, 0.25) is 0 Å². The van der Waals surface area contributed by atoms with Crippen molar-refractivity contribution >= 4 is 5.91 Å². The van der Waals surface area contributed by atoms with Crippen molar-refractivity contribution in [1.29, 1.82) is 0 Å². The lowest BCUT2D eigenvalue weighted by molar-refractivity contribution is -0.130. The Morgan fingerprint density at radius 3 is 2.82 bits per heavy atom. The zero-order valence-electron chi connectivity index (χ0n) is 13.4. The van der Waals surface area contributed by atoms with E-state index in [1.165, 1.54) is 4.90 Å². The molecule has 1 aliphatic carbocycles. The summed E-state index contributed by atoms with van der Waals surface area (Å²) in [6.45, 7) is 1.53. The van der Waals surface area contributed by atoms with Gasteiger partial charge in [-0.3, -0.25) is 4.79 Å². The number of carbonyl (C=O) groups is 1. The second-order valence-electron chi connectivity index (χ2n) is 6.07. The fourth-order valence-electron chi connectivity index (χ4n) is 2.71. The highest BCUT2D eigenvalue weighted by Crippen LogP contribution is 2.25. The van der Waals surface area contributed by atoms with Crippen molar-refractivity contribution in [3.63, 3.8) is 0 Å². The first-order valence-corrected chi connectivity index (χ1v) is 7.87. The Kier molecular flexibility index (Phi) is 6.21. The monoisotopic (exact) mass is 306 g/mol. The Morgan fingerprint density at radius 2 is 2.14 bits per heavy atom. The number of ether oxygens (including phenoxy) is 1. The molecule has 1 aromatic rings. The molecule has 2 unspecified atom stereocenters. The van der Waals surface area contributed by atoms with E-state index < -0.39 is 0 Å². The smallest absolute Gasteiger partial charge is 0.259 e. The molecule has 0 spiro atoms. The maximum Gasteiger partial charge on any atom is 0.259 e. The van der Waals surface area contributed by atoms with Gasteiger partial charge in [-0.15, -0.1) is 0 Å². The number of aliphatic hydroxyl groups is 1. The molecular formula is C17H26N2O3. The highest BCUT2D eigenvalue weighted by Gasteiger charge is 2.24. The summed E-state index contributed by atoms with van der Waals surface area (Å²) < 4.78 is 5.62. The number of aliphatic hydroxyl groups excluding tert-OH is 1. The maximum atomic E-state index is 11.6. The molecule has 1 aliphatic rings. The third-order valence-electron chi connectivity index (χ3n) is 4.16. The molecule has 2 rings (SSSR count). The number of rotatable bonds is 7. The van der Waals surface area contributed by atoms with Gasteiger partial charge in [0.1, 0.15) is 5.75 Å². The van der Waals surface area contributed by atoms with Gasteiger partial charge in [0, 0.05) is 32.7 Å². The molecule has 0 aromatic heterocycles. The molecule has 1 fully saturated rings. The van der Waals surface area contributed by atoms with Gasteiger partial charge < -0.3 is 20.1 Å². The minimum atomic E-state index is -0.170.